The van der Waals surface area contributed by atoms with Gasteiger partial charge in [-0.1, -0.05) is 24.3 Å². The second kappa shape index (κ2) is 10.3. The fourth-order valence-corrected chi connectivity index (χ4v) is 6.85. The highest BCUT2D eigenvalue weighted by atomic mass is 32.1. The fourth-order valence-electron chi connectivity index (χ4n) is 5.68. The summed E-state index contributed by atoms with van der Waals surface area (Å²) >= 11 is 1.68. The van der Waals surface area contributed by atoms with Gasteiger partial charge in [-0.15, -0.1) is 11.3 Å². The van der Waals surface area contributed by atoms with Crippen molar-refractivity contribution in [2.24, 2.45) is 5.92 Å². The maximum absolute atomic E-state index is 10.4. The molecule has 5 rings (SSSR count). The molecule has 0 radical (unpaired) electrons. The lowest BCUT2D eigenvalue weighted by Gasteiger charge is -2.38. The third kappa shape index (κ3) is 5.26. The third-order valence-corrected chi connectivity index (χ3v) is 8.96. The minimum atomic E-state index is -1.63. The summed E-state index contributed by atoms with van der Waals surface area (Å²) in [6.07, 6.45) is 2.74. The molecule has 6 heteroatoms. The maximum Gasteiger partial charge on any atom is 0.179 e. The molecule has 196 valence electrons. The molecule has 2 heterocycles. The van der Waals surface area contributed by atoms with Crippen LogP contribution in [0, 0.1) is 19.8 Å². The first kappa shape index (κ1) is 26.1. The number of rotatable bonds is 7. The van der Waals surface area contributed by atoms with E-state index in [4.69, 9.17) is 14.5 Å². The van der Waals surface area contributed by atoms with Gasteiger partial charge < -0.3 is 19.7 Å². The van der Waals surface area contributed by atoms with Gasteiger partial charge in [0, 0.05) is 10.3 Å². The monoisotopic (exact) mass is 519 g/mol. The van der Waals surface area contributed by atoms with Crippen molar-refractivity contribution in [2.75, 3.05) is 6.61 Å². The molecule has 1 aliphatic rings. The second-order valence-electron chi connectivity index (χ2n) is 11.0. The van der Waals surface area contributed by atoms with Gasteiger partial charge in [-0.25, -0.2) is 4.98 Å². The molecule has 0 aliphatic heterocycles. The molecule has 1 aliphatic carbocycles. The topological polar surface area (TPSA) is 71.8 Å². The quantitative estimate of drug-likeness (QED) is 0.248. The van der Waals surface area contributed by atoms with Crippen molar-refractivity contribution >= 4 is 32.3 Å². The van der Waals surface area contributed by atoms with E-state index in [0.717, 1.165) is 52.9 Å². The molecular formula is C31H37NO4S. The third-order valence-electron chi connectivity index (χ3n) is 7.67. The number of fused-ring (bicyclic) bond motifs is 2. The van der Waals surface area contributed by atoms with Crippen molar-refractivity contribution in [1.29, 1.82) is 0 Å². The lowest BCUT2D eigenvalue weighted by Crippen LogP contribution is -2.37. The molecule has 0 amide bonds. The number of aryl methyl sites for hydroxylation is 2. The summed E-state index contributed by atoms with van der Waals surface area (Å²) in [7, 11) is 0. The minimum Gasteiger partial charge on any atom is -0.493 e. The van der Waals surface area contributed by atoms with Crippen LogP contribution in [0.4, 0.5) is 0 Å². The van der Waals surface area contributed by atoms with E-state index in [-0.39, 0.29) is 11.7 Å². The largest absolute Gasteiger partial charge is 0.493 e. The Hall–Kier alpha value is -2.51. The van der Waals surface area contributed by atoms with Crippen LogP contribution in [-0.2, 0) is 4.74 Å². The SMILES string of the molecule is Cc1c(-c2cc(C(O)O)c3c(OCC4CCC(C)(OC(C)C)CC4)ccc(C)c3n2)sc2ccccc12. The number of benzene rings is 2. The number of thiophene rings is 1. The van der Waals surface area contributed by atoms with Crippen LogP contribution in [0.15, 0.2) is 42.5 Å². The average Bonchev–Trinajstić information content (AvgIpc) is 3.20. The lowest BCUT2D eigenvalue weighted by atomic mass is 9.80. The normalized spacial score (nSPS) is 20.4. The van der Waals surface area contributed by atoms with Crippen molar-refractivity contribution in [3.8, 4) is 16.3 Å². The van der Waals surface area contributed by atoms with E-state index >= 15 is 0 Å². The lowest BCUT2D eigenvalue weighted by molar-refractivity contribution is -0.0970. The summed E-state index contributed by atoms with van der Waals surface area (Å²) in [5, 5.41) is 22.7. The van der Waals surface area contributed by atoms with Crippen LogP contribution in [0.3, 0.4) is 0 Å². The Balaban J connectivity index is 1.46. The summed E-state index contributed by atoms with van der Waals surface area (Å²) in [5.74, 6) is 1.10. The van der Waals surface area contributed by atoms with Gasteiger partial charge in [-0.05, 0) is 101 Å². The highest BCUT2D eigenvalue weighted by Crippen LogP contribution is 2.42. The minimum absolute atomic E-state index is 0.0551. The summed E-state index contributed by atoms with van der Waals surface area (Å²) in [5.41, 5.74) is 4.01. The van der Waals surface area contributed by atoms with Crippen molar-refractivity contribution < 1.29 is 19.7 Å². The Morgan fingerprint density at radius 1 is 1.08 bits per heavy atom. The zero-order chi connectivity index (χ0) is 26.3. The smallest absolute Gasteiger partial charge is 0.179 e. The molecule has 0 atom stereocenters. The summed E-state index contributed by atoms with van der Waals surface area (Å²) in [6, 6.07) is 14.1. The summed E-state index contributed by atoms with van der Waals surface area (Å²) in [6.45, 7) is 11.1. The molecule has 2 aromatic carbocycles. The van der Waals surface area contributed by atoms with E-state index < -0.39 is 6.29 Å². The van der Waals surface area contributed by atoms with Crippen LogP contribution in [0.2, 0.25) is 0 Å². The molecule has 0 unspecified atom stereocenters. The van der Waals surface area contributed by atoms with Gasteiger partial charge in [0.15, 0.2) is 6.29 Å². The van der Waals surface area contributed by atoms with Gasteiger partial charge in [0.2, 0.25) is 0 Å². The molecule has 0 bridgehead atoms. The molecule has 2 N–H and O–H groups in total. The molecule has 0 saturated heterocycles. The Labute approximate surface area is 223 Å². The number of ether oxygens (including phenoxy) is 2. The number of hydrogen-bond acceptors (Lipinski definition) is 6. The van der Waals surface area contributed by atoms with E-state index in [1.54, 1.807) is 11.3 Å². The Morgan fingerprint density at radius 3 is 2.49 bits per heavy atom. The van der Waals surface area contributed by atoms with Crippen LogP contribution in [-0.4, -0.2) is 33.5 Å². The van der Waals surface area contributed by atoms with Gasteiger partial charge in [0.1, 0.15) is 5.75 Å². The first-order valence-corrected chi connectivity index (χ1v) is 14.1. The van der Waals surface area contributed by atoms with Crippen LogP contribution in [0.1, 0.15) is 69.4 Å². The number of pyridine rings is 1. The van der Waals surface area contributed by atoms with Crippen molar-refractivity contribution in [3.63, 3.8) is 0 Å². The molecule has 1 fully saturated rings. The number of aromatic nitrogens is 1. The Bertz CT molecular complexity index is 1420. The van der Waals surface area contributed by atoms with Crippen LogP contribution < -0.4 is 4.74 Å². The first-order valence-electron chi connectivity index (χ1n) is 13.2. The average molecular weight is 520 g/mol. The van der Waals surface area contributed by atoms with E-state index in [2.05, 4.69) is 39.8 Å². The van der Waals surface area contributed by atoms with E-state index in [9.17, 15) is 10.2 Å². The predicted molar refractivity (Wildman–Crippen MR) is 151 cm³/mol. The zero-order valence-electron chi connectivity index (χ0n) is 22.4. The van der Waals surface area contributed by atoms with E-state index in [0.29, 0.717) is 29.2 Å². The van der Waals surface area contributed by atoms with Crippen molar-refractivity contribution in [2.45, 2.75) is 78.3 Å². The van der Waals surface area contributed by atoms with Crippen molar-refractivity contribution in [3.05, 3.63) is 59.2 Å². The number of hydrogen-bond donors (Lipinski definition) is 2. The van der Waals surface area contributed by atoms with Gasteiger partial charge in [-0.2, -0.15) is 0 Å². The predicted octanol–water partition coefficient (Wildman–Crippen LogP) is 7.47. The van der Waals surface area contributed by atoms with Gasteiger partial charge in [0.25, 0.3) is 0 Å². The standard InChI is InChI=1S/C31H37NO4S/c1-18(2)36-31(5)14-12-21(13-15-31)17-35-25-11-10-19(3)28-27(25)23(30(33)34)16-24(32-28)29-20(4)22-8-6-7-9-26(22)37-29/h6-11,16,18,21,30,33-34H,12-15,17H2,1-5H3. The Morgan fingerprint density at radius 2 is 1.81 bits per heavy atom. The fraction of sp³-hybridized carbons (Fsp3) is 0.452. The maximum atomic E-state index is 10.4. The van der Waals surface area contributed by atoms with Crippen LogP contribution in [0.5, 0.6) is 5.75 Å². The van der Waals surface area contributed by atoms with Crippen molar-refractivity contribution in [1.82, 2.24) is 4.98 Å². The second-order valence-corrected chi connectivity index (χ2v) is 12.1. The molecular weight excluding hydrogens is 482 g/mol. The number of nitrogens with zero attached hydrogens (tertiary/aromatic N) is 1. The highest BCUT2D eigenvalue weighted by Gasteiger charge is 2.33. The molecule has 2 aromatic heterocycles. The molecule has 5 nitrogen and oxygen atoms in total. The van der Waals surface area contributed by atoms with Crippen LogP contribution in [0.25, 0.3) is 31.6 Å². The first-order chi connectivity index (χ1) is 17.6. The molecule has 1 saturated carbocycles. The zero-order valence-corrected chi connectivity index (χ0v) is 23.2. The van der Waals surface area contributed by atoms with E-state index in [1.807, 2.05) is 37.3 Å². The molecule has 4 aromatic rings. The van der Waals surface area contributed by atoms with Gasteiger partial charge >= 0.3 is 0 Å². The number of aliphatic hydroxyl groups excluding tert-OH is 1. The molecule has 37 heavy (non-hydrogen) atoms. The summed E-state index contributed by atoms with van der Waals surface area (Å²) < 4.78 is 13.7. The van der Waals surface area contributed by atoms with Crippen LogP contribution >= 0.6 is 11.3 Å². The highest BCUT2D eigenvalue weighted by molar-refractivity contribution is 7.22. The van der Waals surface area contributed by atoms with E-state index in [1.165, 1.54) is 10.1 Å². The molecule has 0 spiro atoms. The number of aliphatic hydroxyl groups is 2. The van der Waals surface area contributed by atoms with Gasteiger partial charge in [-0.3, -0.25) is 0 Å². The van der Waals surface area contributed by atoms with Gasteiger partial charge in [0.05, 0.1) is 39.8 Å². The summed E-state index contributed by atoms with van der Waals surface area (Å²) in [4.78, 5) is 6.08. The Kier molecular flexibility index (Phi) is 7.29.